The van der Waals surface area contributed by atoms with Gasteiger partial charge in [0.1, 0.15) is 6.04 Å². The molecule has 1 saturated heterocycles. The van der Waals surface area contributed by atoms with Gasteiger partial charge in [-0.25, -0.2) is 0 Å². The Labute approximate surface area is 157 Å². The van der Waals surface area contributed by atoms with Crippen molar-refractivity contribution in [3.05, 3.63) is 59.7 Å². The highest BCUT2D eigenvalue weighted by molar-refractivity contribution is 5.76. The van der Waals surface area contributed by atoms with Gasteiger partial charge in [-0.05, 0) is 42.2 Å². The number of aromatic hydroxyl groups is 1. The number of hydrogen-bond acceptors (Lipinski definition) is 5. The summed E-state index contributed by atoms with van der Waals surface area (Å²) in [6.07, 6.45) is 5.15. The number of benzene rings is 2. The fourth-order valence-corrected chi connectivity index (χ4v) is 4.22. The molecular formula is C21H22N2O4. The molecule has 27 heavy (non-hydrogen) atoms. The quantitative estimate of drug-likeness (QED) is 0.650. The number of phenols is 1. The first-order valence-electron chi connectivity index (χ1n) is 8.92. The number of phenolic OH excluding ortho intramolecular Hbond substituents is 1. The molecule has 140 valence electrons. The van der Waals surface area contributed by atoms with Crippen molar-refractivity contribution in [1.29, 1.82) is 0 Å². The summed E-state index contributed by atoms with van der Waals surface area (Å²) in [5.41, 5.74) is 2.81. The van der Waals surface area contributed by atoms with Crippen LogP contribution in [0.15, 0.2) is 48.5 Å². The Morgan fingerprint density at radius 2 is 2.15 bits per heavy atom. The fourth-order valence-electron chi connectivity index (χ4n) is 4.22. The average molecular weight is 366 g/mol. The number of nitrogens with one attached hydrogen (secondary N) is 2. The second kappa shape index (κ2) is 6.63. The normalized spacial score (nSPS) is 25.8. The van der Waals surface area contributed by atoms with Crippen LogP contribution >= 0.6 is 0 Å². The molecule has 6 heteroatoms. The highest BCUT2D eigenvalue weighted by atomic mass is 16.5. The number of carbonyl (C=O) groups is 1. The van der Waals surface area contributed by atoms with Gasteiger partial charge in [0.25, 0.3) is 0 Å². The number of fused-ring (bicyclic) bond motifs is 3. The molecule has 0 saturated carbocycles. The Morgan fingerprint density at radius 1 is 1.33 bits per heavy atom. The standard InChI is InChI=1S/C21H22N2O4/c1-27-18-11-13(8-9-17(18)24)5-4-10-21-12-16(19(25)26)23-20(21)22-15-7-3-2-6-14(15)21/h2-9,11,16,20,22-24H,10,12H2,1H3,(H,25,26)/b5-4+. The van der Waals surface area contributed by atoms with Crippen molar-refractivity contribution < 1.29 is 19.7 Å². The summed E-state index contributed by atoms with van der Waals surface area (Å²) in [4.78, 5) is 11.5. The minimum Gasteiger partial charge on any atom is -0.504 e. The Kier molecular flexibility index (Phi) is 4.28. The monoisotopic (exact) mass is 366 g/mol. The van der Waals surface area contributed by atoms with Crippen LogP contribution in [0.25, 0.3) is 6.08 Å². The maximum absolute atomic E-state index is 11.5. The zero-order chi connectivity index (χ0) is 19.0. The van der Waals surface area contributed by atoms with E-state index < -0.39 is 12.0 Å². The Hall–Kier alpha value is -2.99. The summed E-state index contributed by atoms with van der Waals surface area (Å²) >= 11 is 0. The molecule has 4 N–H and O–H groups in total. The van der Waals surface area contributed by atoms with Gasteiger partial charge in [0.15, 0.2) is 11.5 Å². The number of aliphatic carboxylic acids is 1. The molecule has 3 unspecified atom stereocenters. The van der Waals surface area contributed by atoms with Crippen molar-refractivity contribution in [2.45, 2.75) is 30.5 Å². The van der Waals surface area contributed by atoms with Crippen LogP contribution in [-0.4, -0.2) is 35.5 Å². The third kappa shape index (κ3) is 2.92. The Bertz CT molecular complexity index is 911. The van der Waals surface area contributed by atoms with Crippen molar-refractivity contribution in [3.63, 3.8) is 0 Å². The molecule has 0 amide bonds. The van der Waals surface area contributed by atoms with Gasteiger partial charge in [0, 0.05) is 11.1 Å². The van der Waals surface area contributed by atoms with E-state index in [1.54, 1.807) is 12.1 Å². The van der Waals surface area contributed by atoms with Crippen molar-refractivity contribution in [3.8, 4) is 11.5 Å². The van der Waals surface area contributed by atoms with Crippen LogP contribution in [0.4, 0.5) is 5.69 Å². The molecule has 0 radical (unpaired) electrons. The van der Waals surface area contributed by atoms with Crippen LogP contribution in [0, 0.1) is 0 Å². The largest absolute Gasteiger partial charge is 0.504 e. The molecule has 0 bridgehead atoms. The first-order valence-corrected chi connectivity index (χ1v) is 8.92. The highest BCUT2D eigenvalue weighted by Gasteiger charge is 2.54. The van der Waals surface area contributed by atoms with E-state index in [4.69, 9.17) is 4.74 Å². The molecule has 6 nitrogen and oxygen atoms in total. The van der Waals surface area contributed by atoms with Gasteiger partial charge in [-0.15, -0.1) is 0 Å². The molecule has 3 atom stereocenters. The van der Waals surface area contributed by atoms with Crippen molar-refractivity contribution in [1.82, 2.24) is 5.32 Å². The van der Waals surface area contributed by atoms with E-state index in [-0.39, 0.29) is 17.3 Å². The third-order valence-corrected chi connectivity index (χ3v) is 5.55. The summed E-state index contributed by atoms with van der Waals surface area (Å²) in [6.45, 7) is 0. The number of ether oxygens (including phenoxy) is 1. The zero-order valence-electron chi connectivity index (χ0n) is 15.0. The molecule has 4 rings (SSSR count). The van der Waals surface area contributed by atoms with Crippen molar-refractivity contribution >= 4 is 17.7 Å². The van der Waals surface area contributed by atoms with Gasteiger partial charge in [-0.3, -0.25) is 10.1 Å². The van der Waals surface area contributed by atoms with Gasteiger partial charge in [-0.2, -0.15) is 0 Å². The maximum atomic E-state index is 11.5. The third-order valence-electron chi connectivity index (χ3n) is 5.55. The first-order chi connectivity index (χ1) is 13.0. The van der Waals surface area contributed by atoms with Crippen LogP contribution in [0.1, 0.15) is 24.0 Å². The molecule has 0 aromatic heterocycles. The predicted molar refractivity (Wildman–Crippen MR) is 103 cm³/mol. The minimum atomic E-state index is -0.824. The Morgan fingerprint density at radius 3 is 2.93 bits per heavy atom. The van der Waals surface area contributed by atoms with Crippen LogP contribution in [0.5, 0.6) is 11.5 Å². The summed E-state index contributed by atoms with van der Waals surface area (Å²) in [5, 5.41) is 25.8. The SMILES string of the molecule is COc1cc(/C=C/CC23CC(C(=O)O)NC2Nc2ccccc23)ccc1O. The number of allylic oxidation sites excluding steroid dienone is 1. The summed E-state index contributed by atoms with van der Waals surface area (Å²) in [5.74, 6) is -0.295. The lowest BCUT2D eigenvalue weighted by atomic mass is 9.75. The van der Waals surface area contributed by atoms with Crippen molar-refractivity contribution in [2.24, 2.45) is 0 Å². The smallest absolute Gasteiger partial charge is 0.320 e. The van der Waals surface area contributed by atoms with E-state index in [0.29, 0.717) is 18.6 Å². The molecule has 2 aliphatic heterocycles. The molecular weight excluding hydrogens is 344 g/mol. The second-order valence-electron chi connectivity index (χ2n) is 7.08. The van der Waals surface area contributed by atoms with E-state index in [9.17, 15) is 15.0 Å². The number of para-hydroxylation sites is 1. The lowest BCUT2D eigenvalue weighted by Gasteiger charge is -2.27. The van der Waals surface area contributed by atoms with Gasteiger partial charge >= 0.3 is 5.97 Å². The van der Waals surface area contributed by atoms with Crippen molar-refractivity contribution in [2.75, 3.05) is 12.4 Å². The summed E-state index contributed by atoms with van der Waals surface area (Å²) in [7, 11) is 1.52. The van der Waals surface area contributed by atoms with Crippen LogP contribution in [-0.2, 0) is 10.2 Å². The van der Waals surface area contributed by atoms with Crippen LogP contribution < -0.4 is 15.4 Å². The maximum Gasteiger partial charge on any atom is 0.320 e. The molecule has 2 aliphatic rings. The number of hydrogen-bond donors (Lipinski definition) is 4. The second-order valence-corrected chi connectivity index (χ2v) is 7.08. The first kappa shape index (κ1) is 17.4. The summed E-state index contributed by atoms with van der Waals surface area (Å²) in [6, 6.07) is 12.7. The number of rotatable bonds is 5. The van der Waals surface area contributed by atoms with Gasteiger partial charge in [-0.1, -0.05) is 36.4 Å². The van der Waals surface area contributed by atoms with Crippen LogP contribution in [0.3, 0.4) is 0 Å². The van der Waals surface area contributed by atoms with Gasteiger partial charge in [0.2, 0.25) is 0 Å². The molecule has 2 aromatic rings. The van der Waals surface area contributed by atoms with E-state index in [0.717, 1.165) is 16.8 Å². The average Bonchev–Trinajstić information content (AvgIpc) is 3.16. The van der Waals surface area contributed by atoms with E-state index in [1.807, 2.05) is 30.3 Å². The molecule has 0 spiro atoms. The predicted octanol–water partition coefficient (Wildman–Crippen LogP) is 2.94. The van der Waals surface area contributed by atoms with Crippen LogP contribution in [0.2, 0.25) is 0 Å². The van der Waals surface area contributed by atoms with E-state index in [2.05, 4.69) is 22.8 Å². The zero-order valence-corrected chi connectivity index (χ0v) is 15.0. The molecule has 0 aliphatic carbocycles. The number of anilines is 1. The number of carboxylic acids is 1. The van der Waals surface area contributed by atoms with Gasteiger partial charge < -0.3 is 20.3 Å². The van der Waals surface area contributed by atoms with E-state index in [1.165, 1.54) is 7.11 Å². The fraction of sp³-hybridized carbons (Fsp3) is 0.286. The molecule has 2 aromatic carbocycles. The Balaban J connectivity index is 1.62. The van der Waals surface area contributed by atoms with Gasteiger partial charge in [0.05, 0.1) is 13.3 Å². The molecule has 2 heterocycles. The molecule has 1 fully saturated rings. The highest BCUT2D eigenvalue weighted by Crippen LogP contribution is 2.49. The lowest BCUT2D eigenvalue weighted by Crippen LogP contribution is -2.42. The van der Waals surface area contributed by atoms with E-state index >= 15 is 0 Å². The summed E-state index contributed by atoms with van der Waals surface area (Å²) < 4.78 is 5.15. The number of carboxylic acid groups (broad SMARTS) is 1. The number of methoxy groups -OCH3 is 1. The lowest BCUT2D eigenvalue weighted by molar-refractivity contribution is -0.139. The topological polar surface area (TPSA) is 90.8 Å². The minimum absolute atomic E-state index is 0.103.